The minimum absolute atomic E-state index is 0.0290. The third kappa shape index (κ3) is 2.88. The molecule has 1 fully saturated rings. The lowest BCUT2D eigenvalue weighted by Crippen LogP contribution is -2.64. The maximum Gasteiger partial charge on any atom is 0.250 e. The Morgan fingerprint density at radius 3 is 2.71 bits per heavy atom. The van der Waals surface area contributed by atoms with Gasteiger partial charge >= 0.3 is 0 Å². The Balaban J connectivity index is 2.46. The highest BCUT2D eigenvalue weighted by molar-refractivity contribution is 6.31. The molecule has 1 saturated heterocycles. The lowest BCUT2D eigenvalue weighted by atomic mass is 9.94. The molecule has 114 valence electrons. The third-order valence-electron chi connectivity index (χ3n) is 3.95. The molecule has 0 spiro atoms. The maximum atomic E-state index is 14.1. The van der Waals surface area contributed by atoms with E-state index >= 15 is 0 Å². The molecule has 4 nitrogen and oxygen atoms in total. The summed E-state index contributed by atoms with van der Waals surface area (Å²) < 4.78 is 14.1. The summed E-state index contributed by atoms with van der Waals surface area (Å²) in [5.74, 6) is -1.20. The van der Waals surface area contributed by atoms with Crippen LogP contribution in [0, 0.1) is 11.7 Å². The fourth-order valence-corrected chi connectivity index (χ4v) is 2.58. The number of benzene rings is 1. The number of hydrogen-bond acceptors (Lipinski definition) is 2. The normalized spacial score (nSPS) is 24.0. The Kier molecular flexibility index (Phi) is 4.52. The molecule has 0 saturated carbocycles. The Bertz CT molecular complexity index is 579. The monoisotopic (exact) mass is 312 g/mol. The highest BCUT2D eigenvalue weighted by Gasteiger charge is 2.41. The number of halogens is 2. The number of piperazine rings is 1. The van der Waals surface area contributed by atoms with E-state index in [4.69, 9.17) is 11.6 Å². The van der Waals surface area contributed by atoms with Crippen molar-refractivity contribution in [2.24, 2.45) is 5.92 Å². The van der Waals surface area contributed by atoms with Gasteiger partial charge in [0.05, 0.1) is 5.69 Å². The van der Waals surface area contributed by atoms with Gasteiger partial charge < -0.3 is 5.32 Å². The average Bonchev–Trinajstić information content (AvgIpc) is 2.46. The third-order valence-corrected chi connectivity index (χ3v) is 4.18. The number of rotatable bonds is 3. The van der Waals surface area contributed by atoms with Crippen LogP contribution >= 0.6 is 11.6 Å². The first-order chi connectivity index (χ1) is 9.86. The van der Waals surface area contributed by atoms with E-state index < -0.39 is 17.9 Å². The van der Waals surface area contributed by atoms with Gasteiger partial charge in [-0.15, -0.1) is 0 Å². The smallest absolute Gasteiger partial charge is 0.250 e. The van der Waals surface area contributed by atoms with Crippen LogP contribution in [-0.2, 0) is 9.59 Å². The molecule has 1 N–H and O–H groups in total. The van der Waals surface area contributed by atoms with Gasteiger partial charge in [-0.2, -0.15) is 0 Å². The average molecular weight is 313 g/mol. The van der Waals surface area contributed by atoms with Gasteiger partial charge in [0.1, 0.15) is 17.9 Å². The summed E-state index contributed by atoms with van der Waals surface area (Å²) >= 11 is 5.89. The first-order valence-electron chi connectivity index (χ1n) is 6.95. The van der Waals surface area contributed by atoms with E-state index in [-0.39, 0.29) is 23.4 Å². The molecule has 0 radical (unpaired) electrons. The highest BCUT2D eigenvalue weighted by atomic mass is 35.5. The van der Waals surface area contributed by atoms with Crippen LogP contribution < -0.4 is 10.2 Å². The van der Waals surface area contributed by atoms with Crippen LogP contribution in [0.2, 0.25) is 5.02 Å². The second kappa shape index (κ2) is 6.02. The fourth-order valence-electron chi connectivity index (χ4n) is 2.41. The van der Waals surface area contributed by atoms with Crippen molar-refractivity contribution in [3.05, 3.63) is 29.0 Å². The highest BCUT2D eigenvalue weighted by Crippen LogP contribution is 2.29. The van der Waals surface area contributed by atoms with Crippen LogP contribution in [0.3, 0.4) is 0 Å². The molecule has 1 aliphatic heterocycles. The van der Waals surface area contributed by atoms with E-state index in [1.807, 2.05) is 13.8 Å². The minimum Gasteiger partial charge on any atom is -0.342 e. The largest absolute Gasteiger partial charge is 0.342 e. The molecule has 0 aromatic heterocycles. The number of hydrogen-bond donors (Lipinski definition) is 1. The van der Waals surface area contributed by atoms with E-state index in [0.29, 0.717) is 5.02 Å². The van der Waals surface area contributed by atoms with Crippen molar-refractivity contribution in [2.45, 2.75) is 39.3 Å². The predicted octanol–water partition coefficient (Wildman–Crippen LogP) is 2.75. The molecule has 1 aromatic carbocycles. The molecule has 0 aliphatic carbocycles. The summed E-state index contributed by atoms with van der Waals surface area (Å²) in [6, 6.07) is 2.56. The van der Waals surface area contributed by atoms with Gasteiger partial charge in [-0.05, 0) is 31.0 Å². The fraction of sp³-hybridized carbons (Fsp3) is 0.467. The van der Waals surface area contributed by atoms with E-state index in [9.17, 15) is 14.0 Å². The molecule has 3 atom stereocenters. The van der Waals surface area contributed by atoms with Gasteiger partial charge in [-0.1, -0.05) is 31.9 Å². The summed E-state index contributed by atoms with van der Waals surface area (Å²) in [7, 11) is 0. The zero-order valence-corrected chi connectivity index (χ0v) is 12.9. The summed E-state index contributed by atoms with van der Waals surface area (Å²) in [6.07, 6.45) is 0.733. The standard InChI is InChI=1S/C15H18ClFN2O2/c1-4-8(2)13-15(21)19(9(3)14(20)18-13)12-7-10(16)5-6-11(12)17/h5-9,13H,4H2,1-3H3,(H,18,20). The van der Waals surface area contributed by atoms with Crippen LogP contribution in [0.1, 0.15) is 27.2 Å². The zero-order valence-electron chi connectivity index (χ0n) is 12.2. The summed E-state index contributed by atoms with van der Waals surface area (Å²) in [4.78, 5) is 25.9. The number of carbonyl (C=O) groups is 2. The van der Waals surface area contributed by atoms with Gasteiger partial charge in [0.15, 0.2) is 0 Å². The lowest BCUT2D eigenvalue weighted by molar-refractivity contribution is -0.134. The Morgan fingerprint density at radius 1 is 1.43 bits per heavy atom. The van der Waals surface area contributed by atoms with Crippen molar-refractivity contribution in [1.82, 2.24) is 5.32 Å². The van der Waals surface area contributed by atoms with Crippen molar-refractivity contribution in [3.8, 4) is 0 Å². The second-order valence-corrected chi connectivity index (χ2v) is 5.79. The minimum atomic E-state index is -0.772. The lowest BCUT2D eigenvalue weighted by Gasteiger charge is -2.39. The number of nitrogens with zero attached hydrogens (tertiary/aromatic N) is 1. The molecular formula is C15H18ClFN2O2. The van der Waals surface area contributed by atoms with E-state index in [1.165, 1.54) is 23.1 Å². The van der Waals surface area contributed by atoms with Gasteiger partial charge in [0, 0.05) is 5.02 Å². The molecule has 2 amide bonds. The molecule has 1 aliphatic rings. The molecule has 1 aromatic rings. The SMILES string of the molecule is CCC(C)C1NC(=O)C(C)N(c2cc(Cl)ccc2F)C1=O. The topological polar surface area (TPSA) is 49.4 Å². The number of nitrogens with one attached hydrogen (secondary N) is 1. The first-order valence-corrected chi connectivity index (χ1v) is 7.33. The van der Waals surface area contributed by atoms with Crippen LogP contribution in [0.25, 0.3) is 0 Å². The number of carbonyl (C=O) groups excluding carboxylic acids is 2. The number of anilines is 1. The van der Waals surface area contributed by atoms with Gasteiger partial charge in [-0.3, -0.25) is 14.5 Å². The van der Waals surface area contributed by atoms with Crippen molar-refractivity contribution >= 4 is 29.1 Å². The Labute approximate surface area is 128 Å². The van der Waals surface area contributed by atoms with Gasteiger partial charge in [0.25, 0.3) is 5.91 Å². The summed E-state index contributed by atoms with van der Waals surface area (Å²) in [5, 5.41) is 3.03. The van der Waals surface area contributed by atoms with Crippen molar-refractivity contribution in [1.29, 1.82) is 0 Å². The maximum absolute atomic E-state index is 14.1. The van der Waals surface area contributed by atoms with Crippen molar-refractivity contribution < 1.29 is 14.0 Å². The molecule has 21 heavy (non-hydrogen) atoms. The Morgan fingerprint density at radius 2 is 2.10 bits per heavy atom. The van der Waals surface area contributed by atoms with Crippen LogP contribution in [0.4, 0.5) is 10.1 Å². The molecule has 1 heterocycles. The molecule has 3 unspecified atom stereocenters. The van der Waals surface area contributed by atoms with Gasteiger partial charge in [0.2, 0.25) is 5.91 Å². The van der Waals surface area contributed by atoms with E-state index in [2.05, 4.69) is 5.32 Å². The zero-order chi connectivity index (χ0) is 15.7. The summed E-state index contributed by atoms with van der Waals surface area (Å²) in [6.45, 7) is 5.39. The summed E-state index contributed by atoms with van der Waals surface area (Å²) in [5.41, 5.74) is 0.0446. The molecule has 2 rings (SSSR count). The van der Waals surface area contributed by atoms with Crippen LogP contribution in [0.5, 0.6) is 0 Å². The van der Waals surface area contributed by atoms with Crippen LogP contribution in [-0.4, -0.2) is 23.9 Å². The van der Waals surface area contributed by atoms with Crippen LogP contribution in [0.15, 0.2) is 18.2 Å². The van der Waals surface area contributed by atoms with Gasteiger partial charge in [-0.25, -0.2) is 4.39 Å². The second-order valence-electron chi connectivity index (χ2n) is 5.35. The number of amides is 2. The predicted molar refractivity (Wildman–Crippen MR) is 79.7 cm³/mol. The van der Waals surface area contributed by atoms with Crippen molar-refractivity contribution in [3.63, 3.8) is 0 Å². The van der Waals surface area contributed by atoms with Crippen molar-refractivity contribution in [2.75, 3.05) is 4.90 Å². The Hall–Kier alpha value is -1.62. The van der Waals surface area contributed by atoms with E-state index in [1.54, 1.807) is 6.92 Å². The molecule has 0 bridgehead atoms. The first kappa shape index (κ1) is 15.8. The van der Waals surface area contributed by atoms with E-state index in [0.717, 1.165) is 6.42 Å². The quantitative estimate of drug-likeness (QED) is 0.933. The molecule has 6 heteroatoms. The molecular weight excluding hydrogens is 295 g/mol.